The topological polar surface area (TPSA) is 280 Å². The lowest BCUT2D eigenvalue weighted by molar-refractivity contribution is 0.567. The Labute approximate surface area is 490 Å². The lowest BCUT2D eigenvalue weighted by Gasteiger charge is -1.90. The zero-order valence-electron chi connectivity index (χ0n) is 48.8. The number of hydrogen-bond donors (Lipinski definition) is 5. The van der Waals surface area contributed by atoms with Crippen molar-refractivity contribution in [3.63, 3.8) is 0 Å². The van der Waals surface area contributed by atoms with Crippen molar-refractivity contribution in [2.45, 2.75) is 34.6 Å². The third-order valence-corrected chi connectivity index (χ3v) is 13.3. The molecule has 23 nitrogen and oxygen atoms in total. The molecule has 0 fully saturated rings. The lowest BCUT2D eigenvalue weighted by Crippen LogP contribution is -1.86. The molecule has 0 aliphatic carbocycles. The highest BCUT2D eigenvalue weighted by Crippen LogP contribution is 2.18. The summed E-state index contributed by atoms with van der Waals surface area (Å²) in [6, 6.07) is 38.2. The van der Waals surface area contributed by atoms with E-state index in [0.717, 1.165) is 77.3 Å². The van der Waals surface area contributed by atoms with Crippen LogP contribution in [0.25, 0.3) is 99.0 Å². The molecule has 0 spiro atoms. The van der Waals surface area contributed by atoms with E-state index in [4.69, 9.17) is 17.7 Å². The van der Waals surface area contributed by atoms with E-state index >= 15 is 0 Å². The van der Waals surface area contributed by atoms with Gasteiger partial charge in [0.25, 0.3) is 0 Å². The Morgan fingerprint density at radius 3 is 1.88 bits per heavy atom. The fourth-order valence-electron chi connectivity index (χ4n) is 8.83. The molecule has 0 aliphatic heterocycles. The molecule has 13 aromatic heterocycles. The maximum atomic E-state index is 5.09. The van der Waals surface area contributed by atoms with Crippen molar-refractivity contribution in [3.8, 4) is 0 Å². The van der Waals surface area contributed by atoms with E-state index in [1.165, 1.54) is 43.8 Å². The number of aromatic nitrogens is 19. The third kappa shape index (κ3) is 14.3. The second kappa shape index (κ2) is 27.0. The fraction of sp³-hybridized carbons (Fsp3) is 0.143. The molecular formula is C63H63N19O4. The van der Waals surface area contributed by atoms with Crippen molar-refractivity contribution in [1.29, 1.82) is 0 Å². The number of H-pyrrole nitrogens is 5. The van der Waals surface area contributed by atoms with E-state index < -0.39 is 0 Å². The molecule has 0 saturated heterocycles. The van der Waals surface area contributed by atoms with Crippen LogP contribution < -0.4 is 0 Å². The van der Waals surface area contributed by atoms with Gasteiger partial charge in [-0.05, 0) is 99.3 Å². The summed E-state index contributed by atoms with van der Waals surface area (Å²) in [5, 5.41) is 60.8. The maximum Gasteiger partial charge on any atom is 0.245 e. The van der Waals surface area contributed by atoms with Gasteiger partial charge in [0.1, 0.15) is 22.1 Å². The van der Waals surface area contributed by atoms with Crippen molar-refractivity contribution < 1.29 is 17.7 Å². The van der Waals surface area contributed by atoms with Gasteiger partial charge in [0.15, 0.2) is 11.2 Å². The second-order valence-corrected chi connectivity index (χ2v) is 19.8. The normalized spacial score (nSPS) is 10.6. The van der Waals surface area contributed by atoms with Crippen LogP contribution in [0.3, 0.4) is 0 Å². The summed E-state index contributed by atoms with van der Waals surface area (Å²) in [6.45, 7) is 10.3. The standard InChI is InChI=1S/4C8H8N2.C7H7N3.4C6H6N2O/c1-6-2-3-8-7(4-6)5-9-10-8;1-6-2-3-7-5-9-10-8(7)4-6;1-6-3-2-4-8-7(6)5-9-10-8;1-6-3-2-4-7-5-9-10-8(6)7;1-5-3-2-4-6-7(5)9-10-8-6;1-8-4-6-5(7-8)2-3-9-6;1-8-5-2-3-9-6(5)4-7-8;1-8-4-5-2-3-9-6(5)7-8;1-8-6-5(4-7-8)2-3-9-6/h4*2-5H,1H3,(H,9,10);2-4H,1H3,(H,8,9,10);4*2-4H,1H3. The van der Waals surface area contributed by atoms with Gasteiger partial charge < -0.3 is 17.7 Å². The number of benzene rings is 5. The van der Waals surface area contributed by atoms with E-state index in [0.29, 0.717) is 5.71 Å². The number of nitrogens with zero attached hydrogens (tertiary/aromatic N) is 14. The minimum Gasteiger partial charge on any atom is -0.461 e. The Morgan fingerprint density at radius 1 is 0.419 bits per heavy atom. The van der Waals surface area contributed by atoms with Gasteiger partial charge in [-0.3, -0.25) is 34.4 Å². The fourth-order valence-corrected chi connectivity index (χ4v) is 8.83. The van der Waals surface area contributed by atoms with E-state index in [9.17, 15) is 0 Å². The Hall–Kier alpha value is -11.6. The zero-order chi connectivity index (χ0) is 59.9. The minimum absolute atomic E-state index is 0.706. The summed E-state index contributed by atoms with van der Waals surface area (Å²) in [5.74, 6) is 0. The molecule has 0 atom stereocenters. The molecule has 434 valence electrons. The average Bonchev–Trinajstić information content (AvgIpc) is 4.45. The molecule has 5 N–H and O–H groups in total. The second-order valence-electron chi connectivity index (χ2n) is 19.8. The van der Waals surface area contributed by atoms with Crippen molar-refractivity contribution in [2.75, 3.05) is 0 Å². The van der Waals surface area contributed by atoms with Crippen molar-refractivity contribution in [2.24, 2.45) is 28.2 Å². The van der Waals surface area contributed by atoms with Gasteiger partial charge in [-0.25, -0.2) is 4.68 Å². The van der Waals surface area contributed by atoms with Crippen LogP contribution in [0.5, 0.6) is 0 Å². The van der Waals surface area contributed by atoms with E-state index in [2.05, 4.69) is 147 Å². The summed E-state index contributed by atoms with van der Waals surface area (Å²) < 4.78 is 27.1. The number of furan rings is 4. The van der Waals surface area contributed by atoms with Gasteiger partial charge in [0.05, 0.1) is 101 Å². The first-order valence-corrected chi connectivity index (χ1v) is 27.1. The highest BCUT2D eigenvalue weighted by molar-refractivity contribution is 5.83. The molecule has 86 heavy (non-hydrogen) atoms. The number of fused-ring (bicyclic) bond motifs is 9. The Morgan fingerprint density at radius 2 is 1.08 bits per heavy atom. The van der Waals surface area contributed by atoms with Gasteiger partial charge >= 0.3 is 0 Å². The molecule has 0 aliphatic rings. The Bertz CT molecular complexity index is 4580. The van der Waals surface area contributed by atoms with Crippen LogP contribution in [0.2, 0.25) is 0 Å². The summed E-state index contributed by atoms with van der Waals surface area (Å²) in [6.07, 6.45) is 21.2. The van der Waals surface area contributed by atoms with Crippen LogP contribution in [-0.4, -0.2) is 95.3 Å². The lowest BCUT2D eigenvalue weighted by atomic mass is 10.2. The molecule has 18 rings (SSSR count). The highest BCUT2D eigenvalue weighted by atomic mass is 16.3. The van der Waals surface area contributed by atoms with Crippen LogP contribution in [0.1, 0.15) is 27.8 Å². The van der Waals surface area contributed by atoms with Gasteiger partial charge in [0, 0.05) is 68.1 Å². The molecule has 0 bridgehead atoms. The predicted molar refractivity (Wildman–Crippen MR) is 334 cm³/mol. The van der Waals surface area contributed by atoms with Gasteiger partial charge in [-0.1, -0.05) is 66.2 Å². The first-order valence-electron chi connectivity index (χ1n) is 27.1. The first kappa shape index (κ1) is 57.6. The van der Waals surface area contributed by atoms with Crippen molar-refractivity contribution >= 4 is 99.0 Å². The highest BCUT2D eigenvalue weighted by Gasteiger charge is 2.03. The Balaban J connectivity index is 0.000000107. The molecule has 18 aromatic rings. The largest absolute Gasteiger partial charge is 0.461 e. The maximum absolute atomic E-state index is 5.09. The number of nitrogens with one attached hydrogen (secondary N) is 5. The predicted octanol–water partition coefficient (Wildman–Crippen LogP) is 13.4. The van der Waals surface area contributed by atoms with Crippen LogP contribution in [0.15, 0.2) is 208 Å². The minimum atomic E-state index is 0.706. The molecule has 0 radical (unpaired) electrons. The molecule has 23 heteroatoms. The van der Waals surface area contributed by atoms with Gasteiger partial charge in [-0.15, -0.1) is 5.10 Å². The van der Waals surface area contributed by atoms with Gasteiger partial charge in [0.2, 0.25) is 11.4 Å². The summed E-state index contributed by atoms with van der Waals surface area (Å²) in [7, 11) is 7.48. The molecule has 0 saturated carbocycles. The van der Waals surface area contributed by atoms with Crippen LogP contribution in [0, 0.1) is 34.6 Å². The van der Waals surface area contributed by atoms with E-state index in [-0.39, 0.29) is 0 Å². The molecule has 13 heterocycles. The summed E-state index contributed by atoms with van der Waals surface area (Å²) in [4.78, 5) is 0. The van der Waals surface area contributed by atoms with Crippen LogP contribution in [-0.2, 0) is 28.2 Å². The zero-order valence-corrected chi connectivity index (χ0v) is 48.8. The van der Waals surface area contributed by atoms with Crippen molar-refractivity contribution in [1.82, 2.24) is 95.3 Å². The summed E-state index contributed by atoms with van der Waals surface area (Å²) in [5.41, 5.74) is 17.7. The number of hydrogen-bond acceptors (Lipinski definition) is 14. The van der Waals surface area contributed by atoms with Gasteiger partial charge in [-0.2, -0.15) is 51.1 Å². The number of rotatable bonds is 0. The van der Waals surface area contributed by atoms with Crippen LogP contribution >= 0.6 is 0 Å². The van der Waals surface area contributed by atoms with E-state index in [1.54, 1.807) is 56.2 Å². The summed E-state index contributed by atoms with van der Waals surface area (Å²) >= 11 is 0. The molecule has 5 aromatic carbocycles. The van der Waals surface area contributed by atoms with E-state index in [1.807, 2.05) is 145 Å². The number of para-hydroxylation sites is 2. The quantitative estimate of drug-likeness (QED) is 0.0944. The molecule has 0 amide bonds. The molecule has 0 unspecified atom stereocenters. The Kier molecular flexibility index (Phi) is 18.1. The number of aryl methyl sites for hydroxylation is 9. The van der Waals surface area contributed by atoms with Crippen molar-refractivity contribution in [3.05, 3.63) is 218 Å². The third-order valence-electron chi connectivity index (χ3n) is 13.3. The average molecular weight is 1150 g/mol. The number of aromatic amines is 5. The SMILES string of the molecule is Cc1ccc2[nH]ncc2c1.Cc1ccc2cn[nH]c2c1.Cc1cccc2[nH]ncc12.Cc1cccc2cn[nH]c12.Cc1cccc2n[nH]nc12.Cn1cc2ccoc2n1.Cn1cc2occc2n1.Cn1ncc2ccoc21.Cn1ncc2occc21. The molecular weight excluding hydrogens is 1090 g/mol. The smallest absolute Gasteiger partial charge is 0.245 e. The first-order chi connectivity index (χ1) is 41.8. The van der Waals surface area contributed by atoms with Crippen LogP contribution in [0.4, 0.5) is 0 Å². The monoisotopic (exact) mass is 1150 g/mol.